The van der Waals surface area contributed by atoms with Crippen molar-refractivity contribution in [2.75, 3.05) is 26.2 Å². The summed E-state index contributed by atoms with van der Waals surface area (Å²) in [4.78, 5) is 3.35. The van der Waals surface area contributed by atoms with Crippen LogP contribution in [0.4, 0.5) is 0 Å². The van der Waals surface area contributed by atoms with Crippen molar-refractivity contribution in [3.8, 4) is 0 Å². The van der Waals surface area contributed by atoms with Crippen molar-refractivity contribution < 1.29 is 9.80 Å². The molecule has 0 spiro atoms. The van der Waals surface area contributed by atoms with E-state index in [1.165, 1.54) is 142 Å². The Morgan fingerprint density at radius 1 is 0.559 bits per heavy atom. The molecule has 3 aliphatic heterocycles. The third-order valence-electron chi connectivity index (χ3n) is 7.85. The Morgan fingerprint density at radius 3 is 2.00 bits per heavy atom. The number of hydrogen-bond acceptors (Lipinski definition) is 0. The molecule has 0 saturated carbocycles. The Labute approximate surface area is 211 Å². The van der Waals surface area contributed by atoms with Gasteiger partial charge in [-0.15, -0.1) is 0 Å². The summed E-state index contributed by atoms with van der Waals surface area (Å²) in [7, 11) is 0. The third-order valence-corrected chi connectivity index (χ3v) is 7.85. The van der Waals surface area contributed by atoms with Gasteiger partial charge >= 0.3 is 0 Å². The van der Waals surface area contributed by atoms with Gasteiger partial charge in [0.2, 0.25) is 0 Å². The predicted octanol–water partition coefficient (Wildman–Crippen LogP) is 6.26. The zero-order valence-electron chi connectivity index (χ0n) is 22.2. The quantitative estimate of drug-likeness (QED) is 0.390. The van der Waals surface area contributed by atoms with Crippen molar-refractivity contribution in [2.45, 2.75) is 116 Å². The molecule has 3 heterocycles. The highest BCUT2D eigenvalue weighted by Gasteiger charge is 2.12. The second kappa shape index (κ2) is 18.0. The second-order valence-electron chi connectivity index (χ2n) is 11.0. The molecule has 0 aromatic carbocycles. The number of rotatable bonds is 0. The number of nitrogens with one attached hydrogen (secondary N) is 2. The monoisotopic (exact) mass is 466 g/mol. The van der Waals surface area contributed by atoms with E-state index in [2.05, 4.69) is 48.9 Å². The van der Waals surface area contributed by atoms with E-state index in [0.717, 1.165) is 0 Å². The molecule has 0 amide bonds. The van der Waals surface area contributed by atoms with Gasteiger partial charge in [0.05, 0.1) is 25.5 Å². The second-order valence-corrected chi connectivity index (χ2v) is 11.0. The van der Waals surface area contributed by atoms with E-state index in [0.29, 0.717) is 0 Å². The van der Waals surface area contributed by atoms with Gasteiger partial charge in [-0.25, -0.2) is 0 Å². The van der Waals surface area contributed by atoms with Crippen LogP contribution in [0, 0.1) is 0 Å². The van der Waals surface area contributed by atoms with Crippen molar-refractivity contribution in [1.29, 1.82) is 0 Å². The first-order valence-electron chi connectivity index (χ1n) is 15.0. The molecule has 34 heavy (non-hydrogen) atoms. The summed E-state index contributed by atoms with van der Waals surface area (Å²) in [6.07, 6.45) is 44.0. The van der Waals surface area contributed by atoms with E-state index >= 15 is 0 Å². The van der Waals surface area contributed by atoms with Crippen molar-refractivity contribution in [3.63, 3.8) is 0 Å². The maximum Gasteiger partial charge on any atom is 0.103 e. The Morgan fingerprint density at radius 2 is 1.21 bits per heavy atom. The van der Waals surface area contributed by atoms with Crippen LogP contribution in [-0.2, 0) is 0 Å². The van der Waals surface area contributed by atoms with Gasteiger partial charge in [0.1, 0.15) is 13.1 Å². The fourth-order valence-corrected chi connectivity index (χ4v) is 5.70. The average Bonchev–Trinajstić information content (AvgIpc) is 2.86. The number of quaternary nitrogens is 2. The molecule has 0 saturated heterocycles. The van der Waals surface area contributed by atoms with Crippen LogP contribution in [-0.4, -0.2) is 26.2 Å². The predicted molar refractivity (Wildman–Crippen MR) is 148 cm³/mol. The minimum atomic E-state index is 1.20. The lowest BCUT2D eigenvalue weighted by molar-refractivity contribution is -0.842. The van der Waals surface area contributed by atoms with Gasteiger partial charge in [0.15, 0.2) is 0 Å². The van der Waals surface area contributed by atoms with Crippen LogP contribution in [0.5, 0.6) is 0 Å². The van der Waals surface area contributed by atoms with Crippen LogP contribution >= 0.6 is 0 Å². The minimum Gasteiger partial charge on any atom is -0.305 e. The van der Waals surface area contributed by atoms with Gasteiger partial charge in [-0.3, -0.25) is 0 Å². The summed E-state index contributed by atoms with van der Waals surface area (Å²) in [5, 5.41) is 0. The first-order chi connectivity index (χ1) is 16.9. The average molecular weight is 467 g/mol. The maximum absolute atomic E-state index is 2.54. The number of fused-ring (bicyclic) bond motifs is 3. The molecule has 2 nitrogen and oxygen atoms in total. The van der Waals surface area contributed by atoms with Crippen LogP contribution < -0.4 is 9.80 Å². The first-order valence-corrected chi connectivity index (χ1v) is 15.0. The lowest BCUT2D eigenvalue weighted by atomic mass is 10.0. The topological polar surface area (TPSA) is 8.88 Å². The summed E-state index contributed by atoms with van der Waals surface area (Å²) in [5.41, 5.74) is 3.23. The van der Waals surface area contributed by atoms with Crippen molar-refractivity contribution in [2.24, 2.45) is 0 Å². The van der Waals surface area contributed by atoms with Gasteiger partial charge in [-0.2, -0.15) is 0 Å². The van der Waals surface area contributed by atoms with Gasteiger partial charge in [-0.05, 0) is 81.9 Å². The van der Waals surface area contributed by atoms with Crippen molar-refractivity contribution >= 4 is 0 Å². The first kappa shape index (κ1) is 27.2. The molecule has 0 fully saturated rings. The Hall–Kier alpha value is -1.38. The van der Waals surface area contributed by atoms with Crippen LogP contribution in [0.1, 0.15) is 116 Å². The van der Waals surface area contributed by atoms with E-state index < -0.39 is 0 Å². The molecule has 2 unspecified atom stereocenters. The largest absolute Gasteiger partial charge is 0.305 e. The third kappa shape index (κ3) is 12.4. The molecule has 4 bridgehead atoms. The molecular weight excluding hydrogens is 412 g/mol. The highest BCUT2D eigenvalue weighted by atomic mass is 15.1. The molecule has 2 atom stereocenters. The fourth-order valence-electron chi connectivity index (χ4n) is 5.70. The number of allylic oxidation sites excluding steroid dienone is 6. The van der Waals surface area contributed by atoms with Gasteiger partial charge in [0, 0.05) is 5.57 Å². The molecule has 190 valence electrons. The van der Waals surface area contributed by atoms with E-state index in [-0.39, 0.29) is 0 Å². The Kier molecular flexibility index (Phi) is 14.4. The molecule has 0 radical (unpaired) electrons. The van der Waals surface area contributed by atoms with Gasteiger partial charge in [-0.1, -0.05) is 75.7 Å². The lowest BCUT2D eigenvalue weighted by Crippen LogP contribution is -3.08. The van der Waals surface area contributed by atoms with Gasteiger partial charge < -0.3 is 9.80 Å². The summed E-state index contributed by atoms with van der Waals surface area (Å²) in [6.45, 7) is 5.06. The summed E-state index contributed by atoms with van der Waals surface area (Å²) in [5.74, 6) is 0. The van der Waals surface area contributed by atoms with Crippen molar-refractivity contribution in [3.05, 3.63) is 60.0 Å². The molecule has 0 aromatic rings. The standard InChI is InChI=1S/C32H52N2/c1-2-5-9-13-17-25-33-27-20-24-32(30-33)22-16-12-8-4-6-10-14-18-26-34-28-19-23-31(29-34)21-15-11-7-3-1/h7,11,19-20,23-24,28,30H,1-6,8-10,12-18,21-22,25-27,29H2/p+2. The zero-order valence-corrected chi connectivity index (χ0v) is 22.2. The normalized spacial score (nSPS) is 27.8. The van der Waals surface area contributed by atoms with Crippen molar-refractivity contribution in [1.82, 2.24) is 0 Å². The summed E-state index contributed by atoms with van der Waals surface area (Å²) >= 11 is 0. The molecule has 3 aliphatic rings. The van der Waals surface area contributed by atoms with Crippen LogP contribution in [0.25, 0.3) is 0 Å². The van der Waals surface area contributed by atoms with Crippen LogP contribution in [0.3, 0.4) is 0 Å². The van der Waals surface area contributed by atoms with Crippen LogP contribution in [0.2, 0.25) is 0 Å². The Balaban J connectivity index is 1.37. The lowest BCUT2D eigenvalue weighted by Gasteiger charge is -2.19. The molecule has 0 aliphatic carbocycles. The fraction of sp³-hybridized carbons (Fsp3) is 0.688. The van der Waals surface area contributed by atoms with Crippen LogP contribution in [0.15, 0.2) is 60.0 Å². The molecule has 3 rings (SSSR count). The molecule has 2 N–H and O–H groups in total. The van der Waals surface area contributed by atoms with Gasteiger partial charge in [0.25, 0.3) is 0 Å². The molecule has 0 aromatic heterocycles. The minimum absolute atomic E-state index is 1.20. The highest BCUT2D eigenvalue weighted by molar-refractivity contribution is 5.18. The summed E-state index contributed by atoms with van der Waals surface area (Å²) in [6, 6.07) is 0. The highest BCUT2D eigenvalue weighted by Crippen LogP contribution is 2.14. The number of hydrogen-bond donors (Lipinski definition) is 2. The smallest absolute Gasteiger partial charge is 0.103 e. The van der Waals surface area contributed by atoms with E-state index in [4.69, 9.17) is 0 Å². The SMILES string of the molecule is C1=C[NH+]2CCCCCCCCCCC3=C[NH+](CC=C3)CCCCCCCCC=CCCC(=C1)C2. The molecule has 2 heteroatoms. The maximum atomic E-state index is 2.54. The van der Waals surface area contributed by atoms with E-state index in [9.17, 15) is 0 Å². The van der Waals surface area contributed by atoms with E-state index in [1.54, 1.807) is 20.9 Å². The zero-order chi connectivity index (χ0) is 23.5. The summed E-state index contributed by atoms with van der Waals surface area (Å²) < 4.78 is 0. The molecular formula is C32H54N2+2. The van der Waals surface area contributed by atoms with E-state index in [1.807, 2.05) is 0 Å². The Bertz CT molecular complexity index is 681.